The smallest absolute Gasteiger partial charge is 0.0887 e. The summed E-state index contributed by atoms with van der Waals surface area (Å²) in [5.41, 5.74) is 17.8. The molecule has 0 saturated heterocycles. The summed E-state index contributed by atoms with van der Waals surface area (Å²) in [4.78, 5) is 4.71. The maximum absolute atomic E-state index is 8.07. The van der Waals surface area contributed by atoms with Crippen LogP contribution in [0.2, 0.25) is 5.02 Å². The van der Waals surface area contributed by atoms with E-state index < -0.39 is 0 Å². The first kappa shape index (κ1) is 47.2. The maximum Gasteiger partial charge on any atom is 0.0887 e. The molecule has 0 aliphatic rings. The second-order valence-corrected chi connectivity index (χ2v) is 22.2. The molecule has 340 valence electrons. The highest BCUT2D eigenvalue weighted by Gasteiger charge is 2.29. The van der Waals surface area contributed by atoms with Crippen molar-refractivity contribution < 1.29 is 0 Å². The molecule has 0 atom stereocenters. The van der Waals surface area contributed by atoms with E-state index in [2.05, 4.69) is 281 Å². The molecule has 0 N–H and O–H groups in total. The van der Waals surface area contributed by atoms with Crippen molar-refractivity contribution in [1.82, 2.24) is 0 Å². The Labute approximate surface area is 406 Å². The van der Waals surface area contributed by atoms with Crippen molar-refractivity contribution in [3.63, 3.8) is 0 Å². The second kappa shape index (κ2) is 18.4. The van der Waals surface area contributed by atoms with E-state index in [9.17, 15) is 0 Å². The first-order valence-electron chi connectivity index (χ1n) is 23.8. The van der Waals surface area contributed by atoms with Crippen molar-refractivity contribution in [3.8, 4) is 22.3 Å². The monoisotopic (exact) mass is 898 g/mol. The molecule has 0 aromatic heterocycles. The Kier molecular flexibility index (Phi) is 12.9. The molecule has 3 heteroatoms. The SMILES string of the molecule is Cc1cc(N(c2ccc(C(C)(C)C)cc2)c2ccc(C(C)(C)C)cc2)c(Cl)c(N(c2ccc(C(C)(C)c3ccccc3)cc2)c2ccc(C(C)(C)C)cc2-c2ccc(-c3ccccc3)cc2)c1. The number of halogens is 1. The maximum atomic E-state index is 8.07. The third kappa shape index (κ3) is 10.0. The molecule has 0 unspecified atom stereocenters. The van der Waals surface area contributed by atoms with Crippen LogP contribution in [0, 0.1) is 6.92 Å². The van der Waals surface area contributed by atoms with Crippen molar-refractivity contribution in [2.45, 2.75) is 105 Å². The van der Waals surface area contributed by atoms with Gasteiger partial charge in [-0.1, -0.05) is 215 Å². The minimum absolute atomic E-state index is 0.0142. The van der Waals surface area contributed by atoms with Gasteiger partial charge >= 0.3 is 0 Å². The summed E-state index contributed by atoms with van der Waals surface area (Å²) >= 11 is 8.07. The van der Waals surface area contributed by atoms with Gasteiger partial charge in [0.2, 0.25) is 0 Å². The topological polar surface area (TPSA) is 6.48 Å². The fraction of sp³-hybridized carbons (Fsp3) is 0.250. The van der Waals surface area contributed by atoms with E-state index in [1.807, 2.05) is 0 Å². The number of anilines is 6. The number of rotatable bonds is 10. The lowest BCUT2D eigenvalue weighted by atomic mass is 9.78. The van der Waals surface area contributed by atoms with E-state index in [-0.39, 0.29) is 21.7 Å². The highest BCUT2D eigenvalue weighted by Crippen LogP contribution is 2.50. The van der Waals surface area contributed by atoms with Crippen LogP contribution in [0.1, 0.15) is 110 Å². The Morgan fingerprint density at radius 2 is 0.701 bits per heavy atom. The molecule has 0 spiro atoms. The zero-order valence-corrected chi connectivity index (χ0v) is 42.4. The molecular weight excluding hydrogens is 832 g/mol. The van der Waals surface area contributed by atoms with E-state index in [1.165, 1.54) is 38.9 Å². The standard InChI is InChI=1S/C64H67ClN2/c1-44-41-58(66(53-34-27-48(28-35-53)61(2,3)4)54-36-29-49(30-37-54)62(5,6)7)60(65)59(42-44)67(55-38-31-51(32-39-55)64(11,12)50-21-17-14-18-22-50)57-40-33-52(63(8,9)10)43-56(57)47-25-23-46(24-26-47)45-19-15-13-16-20-45/h13-43H,1-12H3. The van der Waals surface area contributed by atoms with Crippen molar-refractivity contribution in [3.05, 3.63) is 226 Å². The van der Waals surface area contributed by atoms with Gasteiger partial charge in [-0.15, -0.1) is 0 Å². The molecule has 0 radical (unpaired) electrons. The van der Waals surface area contributed by atoms with Gasteiger partial charge in [0, 0.05) is 28.0 Å². The molecule has 0 saturated carbocycles. The van der Waals surface area contributed by atoms with Gasteiger partial charge in [0.1, 0.15) is 0 Å². The average molecular weight is 900 g/mol. The van der Waals surface area contributed by atoms with Crippen LogP contribution in [-0.2, 0) is 21.7 Å². The minimum atomic E-state index is -0.204. The van der Waals surface area contributed by atoms with E-state index in [4.69, 9.17) is 11.6 Å². The van der Waals surface area contributed by atoms with Crippen molar-refractivity contribution in [2.24, 2.45) is 0 Å². The van der Waals surface area contributed by atoms with Gasteiger partial charge in [-0.05, 0) is 134 Å². The Bertz CT molecular complexity index is 2890. The van der Waals surface area contributed by atoms with E-state index in [0.29, 0.717) is 5.02 Å². The van der Waals surface area contributed by atoms with Crippen molar-refractivity contribution in [2.75, 3.05) is 9.80 Å². The van der Waals surface area contributed by atoms with Gasteiger partial charge in [0.05, 0.1) is 22.1 Å². The molecule has 0 aliphatic carbocycles. The summed E-state index contributed by atoms with van der Waals surface area (Å²) in [6, 6.07) is 69.0. The number of nitrogens with zero attached hydrogens (tertiary/aromatic N) is 2. The van der Waals surface area contributed by atoms with Gasteiger partial charge < -0.3 is 9.80 Å². The van der Waals surface area contributed by atoms with Gasteiger partial charge in [-0.2, -0.15) is 0 Å². The van der Waals surface area contributed by atoms with E-state index in [0.717, 1.165) is 50.8 Å². The predicted octanol–water partition coefficient (Wildman–Crippen LogP) is 19.1. The highest BCUT2D eigenvalue weighted by molar-refractivity contribution is 6.37. The largest absolute Gasteiger partial charge is 0.309 e. The number of benzene rings is 8. The molecule has 8 rings (SSSR count). The fourth-order valence-electron chi connectivity index (χ4n) is 9.06. The Balaban J connectivity index is 1.37. The first-order chi connectivity index (χ1) is 31.7. The lowest BCUT2D eigenvalue weighted by Crippen LogP contribution is -2.19. The summed E-state index contributed by atoms with van der Waals surface area (Å²) in [5, 5.41) is 0.657. The Morgan fingerprint density at radius 3 is 1.18 bits per heavy atom. The second-order valence-electron chi connectivity index (χ2n) is 21.8. The lowest BCUT2D eigenvalue weighted by Gasteiger charge is -2.34. The van der Waals surface area contributed by atoms with Crippen LogP contribution in [0.5, 0.6) is 0 Å². The molecule has 0 bridgehead atoms. The summed E-state index contributed by atoms with van der Waals surface area (Å²) in [7, 11) is 0. The first-order valence-corrected chi connectivity index (χ1v) is 24.2. The van der Waals surface area contributed by atoms with Crippen molar-refractivity contribution >= 4 is 45.7 Å². The highest BCUT2D eigenvalue weighted by atomic mass is 35.5. The quantitative estimate of drug-likeness (QED) is 0.135. The fourth-order valence-corrected chi connectivity index (χ4v) is 9.34. The zero-order chi connectivity index (χ0) is 47.9. The number of hydrogen-bond donors (Lipinski definition) is 0. The van der Waals surface area contributed by atoms with Crippen LogP contribution in [0.4, 0.5) is 34.1 Å². The molecule has 0 amide bonds. The lowest BCUT2D eigenvalue weighted by molar-refractivity contribution is 0.590. The molecule has 0 heterocycles. The summed E-state index contributed by atoms with van der Waals surface area (Å²) in [6.07, 6.45) is 0. The minimum Gasteiger partial charge on any atom is -0.309 e. The third-order valence-electron chi connectivity index (χ3n) is 13.4. The molecule has 2 nitrogen and oxygen atoms in total. The number of hydrogen-bond acceptors (Lipinski definition) is 2. The zero-order valence-electron chi connectivity index (χ0n) is 41.7. The average Bonchev–Trinajstić information content (AvgIpc) is 3.31. The van der Waals surface area contributed by atoms with Crippen molar-refractivity contribution in [1.29, 1.82) is 0 Å². The van der Waals surface area contributed by atoms with Crippen LogP contribution in [-0.4, -0.2) is 0 Å². The normalized spacial score (nSPS) is 12.3. The summed E-state index contributed by atoms with van der Waals surface area (Å²) in [6.45, 7) is 27.2. The molecular formula is C64H67ClN2. The molecule has 0 fully saturated rings. The summed E-state index contributed by atoms with van der Waals surface area (Å²) in [5.74, 6) is 0. The van der Waals surface area contributed by atoms with Gasteiger partial charge in [0.15, 0.2) is 0 Å². The number of aryl methyl sites for hydroxylation is 1. The van der Waals surface area contributed by atoms with Crippen LogP contribution < -0.4 is 9.80 Å². The molecule has 8 aromatic carbocycles. The third-order valence-corrected chi connectivity index (χ3v) is 13.8. The Morgan fingerprint density at radius 1 is 0.328 bits per heavy atom. The van der Waals surface area contributed by atoms with E-state index in [1.54, 1.807) is 0 Å². The predicted molar refractivity (Wildman–Crippen MR) is 291 cm³/mol. The molecule has 67 heavy (non-hydrogen) atoms. The molecule has 8 aromatic rings. The van der Waals surface area contributed by atoms with Gasteiger partial charge in [-0.3, -0.25) is 0 Å². The Hall–Kier alpha value is -6.35. The van der Waals surface area contributed by atoms with Crippen LogP contribution >= 0.6 is 11.6 Å². The van der Waals surface area contributed by atoms with Crippen LogP contribution in [0.25, 0.3) is 22.3 Å². The van der Waals surface area contributed by atoms with Gasteiger partial charge in [0.25, 0.3) is 0 Å². The van der Waals surface area contributed by atoms with Gasteiger partial charge in [-0.25, -0.2) is 0 Å². The van der Waals surface area contributed by atoms with E-state index >= 15 is 0 Å². The van der Waals surface area contributed by atoms with Crippen LogP contribution in [0.15, 0.2) is 188 Å². The summed E-state index contributed by atoms with van der Waals surface area (Å²) < 4.78 is 0. The molecule has 0 aliphatic heterocycles. The van der Waals surface area contributed by atoms with Crippen LogP contribution in [0.3, 0.4) is 0 Å².